The second-order valence-electron chi connectivity index (χ2n) is 9.24. The lowest BCUT2D eigenvalue weighted by atomic mass is 10.0. The van der Waals surface area contributed by atoms with E-state index in [-0.39, 0.29) is 12.1 Å². The first-order valence-corrected chi connectivity index (χ1v) is 12.1. The molecule has 0 saturated heterocycles. The molecule has 0 aliphatic heterocycles. The molecule has 1 unspecified atom stereocenters. The number of alkyl halides is 1. The summed E-state index contributed by atoms with van der Waals surface area (Å²) in [4.78, 5) is 21.7. The molecule has 0 aliphatic rings. The van der Waals surface area contributed by atoms with Crippen molar-refractivity contribution >= 4 is 22.8 Å². The third-order valence-electron chi connectivity index (χ3n) is 5.71. The number of carbonyl (C=O) groups excluding carboxylic acids is 1. The van der Waals surface area contributed by atoms with Crippen LogP contribution in [0.5, 0.6) is 5.75 Å². The van der Waals surface area contributed by atoms with Gasteiger partial charge in [-0.05, 0) is 44.5 Å². The molecule has 0 fully saturated rings. The predicted molar refractivity (Wildman–Crippen MR) is 140 cm³/mol. The van der Waals surface area contributed by atoms with Crippen molar-refractivity contribution in [3.05, 3.63) is 66.2 Å². The van der Waals surface area contributed by atoms with Crippen molar-refractivity contribution in [2.24, 2.45) is 0 Å². The molecule has 1 amide bonds. The van der Waals surface area contributed by atoms with Gasteiger partial charge in [0.1, 0.15) is 18.0 Å². The number of fused-ring (bicyclic) bond motifs is 1. The van der Waals surface area contributed by atoms with Gasteiger partial charge in [0.05, 0.1) is 76.7 Å². The van der Waals surface area contributed by atoms with Crippen molar-refractivity contribution in [3.63, 3.8) is 0 Å². The molecule has 196 valence electrons. The largest absolute Gasteiger partial charge is 0.492 e. The van der Waals surface area contributed by atoms with Gasteiger partial charge in [-0.15, -0.1) is 0 Å². The van der Waals surface area contributed by atoms with E-state index >= 15 is 0 Å². The van der Waals surface area contributed by atoms with Crippen LogP contribution in [0.3, 0.4) is 0 Å². The number of hydrogen-bond acceptors (Lipinski definition) is 8. The fraction of sp³-hybridized carbons (Fsp3) is 0.296. The Balaban J connectivity index is 1.70. The topological polar surface area (TPSA) is 137 Å². The summed E-state index contributed by atoms with van der Waals surface area (Å²) in [6.07, 6.45) is 5.20. The van der Waals surface area contributed by atoms with Crippen molar-refractivity contribution in [2.45, 2.75) is 39.0 Å². The van der Waals surface area contributed by atoms with E-state index < -0.39 is 17.7 Å². The lowest BCUT2D eigenvalue weighted by Crippen LogP contribution is -2.42. The van der Waals surface area contributed by atoms with Gasteiger partial charge in [-0.2, -0.15) is 10.4 Å². The average Bonchev–Trinajstić information content (AvgIpc) is 3.33. The quantitative estimate of drug-likeness (QED) is 0.287. The van der Waals surface area contributed by atoms with Crippen LogP contribution < -0.4 is 15.4 Å². The van der Waals surface area contributed by atoms with Gasteiger partial charge >= 0.3 is 0 Å². The molecule has 11 heteroatoms. The number of amides is 1. The number of halogens is 1. The number of aromatic nitrogens is 4. The summed E-state index contributed by atoms with van der Waals surface area (Å²) < 4.78 is 21.6. The van der Waals surface area contributed by atoms with E-state index in [9.17, 15) is 14.3 Å². The molecule has 0 saturated carbocycles. The monoisotopic (exact) mass is 517 g/mol. The maximum Gasteiger partial charge on any atom is 0.255 e. The zero-order valence-corrected chi connectivity index (χ0v) is 21.3. The lowest BCUT2D eigenvalue weighted by Gasteiger charge is -2.22. The van der Waals surface area contributed by atoms with E-state index in [0.717, 1.165) is 6.42 Å². The molecule has 4 heterocycles. The summed E-state index contributed by atoms with van der Waals surface area (Å²) in [6.45, 7) is 4.83. The molecule has 4 rings (SSSR count). The average molecular weight is 518 g/mol. The van der Waals surface area contributed by atoms with Crippen LogP contribution in [-0.2, 0) is 0 Å². The van der Waals surface area contributed by atoms with Crippen LogP contribution in [0.25, 0.3) is 16.9 Å². The van der Waals surface area contributed by atoms with Gasteiger partial charge in [0.2, 0.25) is 0 Å². The summed E-state index contributed by atoms with van der Waals surface area (Å²) in [5.74, 6) is -0.000684. The number of aliphatic hydroxyl groups is 1. The number of rotatable bonds is 10. The van der Waals surface area contributed by atoms with Crippen molar-refractivity contribution in [2.75, 3.05) is 18.5 Å². The Morgan fingerprint density at radius 3 is 2.79 bits per heavy atom. The number of carbonyl (C=O) groups is 1. The minimum atomic E-state index is -1.66. The number of pyridine rings is 2. The Labute approximate surface area is 219 Å². The van der Waals surface area contributed by atoms with Crippen LogP contribution in [-0.4, -0.2) is 55.5 Å². The maximum absolute atomic E-state index is 14.3. The van der Waals surface area contributed by atoms with Crippen molar-refractivity contribution in [1.82, 2.24) is 24.9 Å². The number of hydrogen-bond donors (Lipinski definition) is 3. The third kappa shape index (κ3) is 6.04. The van der Waals surface area contributed by atoms with Gasteiger partial charge < -0.3 is 20.5 Å². The van der Waals surface area contributed by atoms with Gasteiger partial charge in [-0.3, -0.25) is 14.8 Å². The van der Waals surface area contributed by atoms with E-state index in [1.807, 2.05) is 19.1 Å². The fourth-order valence-electron chi connectivity index (χ4n) is 3.60. The molecule has 0 radical (unpaired) electrons. The van der Waals surface area contributed by atoms with E-state index in [0.29, 0.717) is 46.2 Å². The highest BCUT2D eigenvalue weighted by molar-refractivity contribution is 6.00. The smallest absolute Gasteiger partial charge is 0.255 e. The first-order chi connectivity index (χ1) is 18.2. The molecular formula is C27H28FN7O3. The van der Waals surface area contributed by atoms with Gasteiger partial charge in [-0.25, -0.2) is 8.91 Å². The zero-order chi connectivity index (χ0) is 27.3. The molecule has 0 spiro atoms. The molecule has 0 aliphatic carbocycles. The third-order valence-corrected chi connectivity index (χ3v) is 5.71. The highest BCUT2D eigenvalue weighted by atomic mass is 19.1. The Bertz CT molecular complexity index is 1490. The molecule has 4 aromatic rings. The van der Waals surface area contributed by atoms with Crippen LogP contribution in [0.2, 0.25) is 0 Å². The molecule has 10 nitrogen and oxygen atoms in total. The Hall–Kier alpha value is -4.56. The van der Waals surface area contributed by atoms with Crippen LogP contribution in [0.1, 0.15) is 43.1 Å². The zero-order valence-electron chi connectivity index (χ0n) is 21.3. The predicted octanol–water partition coefficient (Wildman–Crippen LogP) is 4.03. The van der Waals surface area contributed by atoms with Crippen LogP contribution in [0.15, 0.2) is 55.1 Å². The summed E-state index contributed by atoms with van der Waals surface area (Å²) in [5, 5.41) is 29.1. The van der Waals surface area contributed by atoms with E-state index in [1.165, 1.54) is 26.2 Å². The number of nitriles is 1. The second kappa shape index (κ2) is 11.2. The molecule has 1 atom stereocenters. The SMILES string of the molecule is CCCOc1cncc(Nc2cc(-c3ccc4cc(C#N)cnn34)ncc2C(=O)NCC(F)C(C)(C)O)c1. The normalized spacial score (nSPS) is 12.1. The minimum Gasteiger partial charge on any atom is -0.492 e. The minimum absolute atomic E-state index is 0.164. The molecule has 4 aromatic heterocycles. The summed E-state index contributed by atoms with van der Waals surface area (Å²) in [7, 11) is 0. The highest BCUT2D eigenvalue weighted by Crippen LogP contribution is 2.28. The first kappa shape index (κ1) is 26.5. The van der Waals surface area contributed by atoms with E-state index in [4.69, 9.17) is 10.00 Å². The van der Waals surface area contributed by atoms with Crippen LogP contribution in [0.4, 0.5) is 15.8 Å². The Morgan fingerprint density at radius 2 is 2.05 bits per heavy atom. The Kier molecular flexibility index (Phi) is 7.83. The molecule has 0 bridgehead atoms. The summed E-state index contributed by atoms with van der Waals surface area (Å²) >= 11 is 0. The first-order valence-electron chi connectivity index (χ1n) is 12.1. The van der Waals surface area contributed by atoms with Crippen LogP contribution in [0, 0.1) is 11.3 Å². The second-order valence-corrected chi connectivity index (χ2v) is 9.24. The van der Waals surface area contributed by atoms with Crippen molar-refractivity contribution in [1.29, 1.82) is 5.26 Å². The van der Waals surface area contributed by atoms with Crippen LogP contribution >= 0.6 is 0 Å². The summed E-state index contributed by atoms with van der Waals surface area (Å²) in [6, 6.07) is 10.8. The lowest BCUT2D eigenvalue weighted by molar-refractivity contribution is -0.00177. The van der Waals surface area contributed by atoms with Gasteiger partial charge in [-0.1, -0.05) is 6.92 Å². The summed E-state index contributed by atoms with van der Waals surface area (Å²) in [5.41, 5.74) is 1.82. The number of nitrogens with zero attached hydrogens (tertiary/aromatic N) is 5. The van der Waals surface area contributed by atoms with E-state index in [1.54, 1.807) is 35.1 Å². The fourth-order valence-corrected chi connectivity index (χ4v) is 3.60. The number of anilines is 2. The number of nitrogens with one attached hydrogen (secondary N) is 2. The molecule has 0 aromatic carbocycles. The van der Waals surface area contributed by atoms with Crippen molar-refractivity contribution in [3.8, 4) is 23.2 Å². The number of ether oxygens (including phenoxy) is 1. The van der Waals surface area contributed by atoms with Gasteiger partial charge in [0, 0.05) is 12.3 Å². The van der Waals surface area contributed by atoms with Gasteiger partial charge in [0.25, 0.3) is 5.91 Å². The molecule has 38 heavy (non-hydrogen) atoms. The highest BCUT2D eigenvalue weighted by Gasteiger charge is 2.27. The maximum atomic E-state index is 14.3. The standard InChI is InChI=1S/C27H28FN7O3/c1-4-7-38-20-9-18(13-30-14-20)34-22-10-23(24-6-5-19-8-17(11-29)12-33-35(19)24)31-15-21(22)26(36)32-16-25(28)27(2,3)37/h5-6,8-10,12-15,25,37H,4,7,16H2,1-3H3,(H,31,34)(H,32,36). The molecule has 3 N–H and O–H groups in total. The van der Waals surface area contributed by atoms with E-state index in [2.05, 4.69) is 31.8 Å². The van der Waals surface area contributed by atoms with Crippen molar-refractivity contribution < 1.29 is 19.0 Å². The van der Waals surface area contributed by atoms with Gasteiger partial charge in [0.15, 0.2) is 0 Å². The Morgan fingerprint density at radius 1 is 1.24 bits per heavy atom. The molecular weight excluding hydrogens is 489 g/mol.